The zero-order chi connectivity index (χ0) is 24.5. The Morgan fingerprint density at radius 3 is 2.75 bits per heavy atom. The molecule has 3 heterocycles. The van der Waals surface area contributed by atoms with Crippen LogP contribution < -0.4 is 9.64 Å². The maximum Gasteiger partial charge on any atom is 0.148 e. The molecule has 6 rings (SSSR count). The van der Waals surface area contributed by atoms with Gasteiger partial charge in [0.05, 0.1) is 17.4 Å². The molecule has 0 aliphatic carbocycles. The van der Waals surface area contributed by atoms with Crippen molar-refractivity contribution in [2.75, 3.05) is 25.0 Å². The molecule has 36 heavy (non-hydrogen) atoms. The second-order valence-corrected chi connectivity index (χ2v) is 9.80. The van der Waals surface area contributed by atoms with E-state index in [0.717, 1.165) is 75.6 Å². The smallest absolute Gasteiger partial charge is 0.148 e. The van der Waals surface area contributed by atoms with Crippen molar-refractivity contribution in [3.05, 3.63) is 89.8 Å². The number of benzene rings is 3. The average molecular weight is 498 g/mol. The summed E-state index contributed by atoms with van der Waals surface area (Å²) < 4.78 is 6.61. The van der Waals surface area contributed by atoms with Crippen molar-refractivity contribution in [2.45, 2.75) is 25.5 Å². The summed E-state index contributed by atoms with van der Waals surface area (Å²) in [7, 11) is 2.16. The zero-order valence-corrected chi connectivity index (χ0v) is 20.9. The molecule has 1 aliphatic rings. The third-order valence-corrected chi connectivity index (χ3v) is 7.32. The van der Waals surface area contributed by atoms with E-state index < -0.39 is 0 Å². The fourth-order valence-corrected chi connectivity index (χ4v) is 5.14. The van der Waals surface area contributed by atoms with Crippen LogP contribution in [-0.2, 0) is 6.54 Å². The Balaban J connectivity index is 1.48. The van der Waals surface area contributed by atoms with E-state index in [1.54, 1.807) is 6.33 Å². The summed E-state index contributed by atoms with van der Waals surface area (Å²) >= 11 is 6.62. The number of hydrogen-bond acceptors (Lipinski definition) is 5. The molecule has 2 aromatic heterocycles. The highest BCUT2D eigenvalue weighted by molar-refractivity contribution is 6.31. The molecule has 0 unspecified atom stereocenters. The third kappa shape index (κ3) is 4.50. The highest BCUT2D eigenvalue weighted by atomic mass is 35.5. The van der Waals surface area contributed by atoms with Gasteiger partial charge in [-0.1, -0.05) is 35.9 Å². The van der Waals surface area contributed by atoms with Gasteiger partial charge in [0.1, 0.15) is 24.0 Å². The van der Waals surface area contributed by atoms with Crippen molar-refractivity contribution in [1.82, 2.24) is 19.9 Å². The molecule has 1 fully saturated rings. The van der Waals surface area contributed by atoms with Crippen LogP contribution >= 0.6 is 11.6 Å². The van der Waals surface area contributed by atoms with E-state index in [2.05, 4.69) is 57.1 Å². The van der Waals surface area contributed by atoms with Gasteiger partial charge in [0.15, 0.2) is 0 Å². The van der Waals surface area contributed by atoms with Crippen molar-refractivity contribution >= 4 is 44.9 Å². The van der Waals surface area contributed by atoms with E-state index in [1.165, 1.54) is 0 Å². The summed E-state index contributed by atoms with van der Waals surface area (Å²) in [4.78, 5) is 17.2. The first-order valence-corrected chi connectivity index (χ1v) is 12.7. The van der Waals surface area contributed by atoms with Gasteiger partial charge in [-0.05, 0) is 67.9 Å². The minimum Gasteiger partial charge on any atom is -0.489 e. The molecule has 0 bridgehead atoms. The highest BCUT2D eigenvalue weighted by Gasteiger charge is 2.23. The molecule has 0 saturated carbocycles. The molecule has 0 amide bonds. The van der Waals surface area contributed by atoms with Crippen molar-refractivity contribution < 1.29 is 4.74 Å². The van der Waals surface area contributed by atoms with Crippen LogP contribution in [0.3, 0.4) is 0 Å². The minimum absolute atomic E-state index is 0.174. The van der Waals surface area contributed by atoms with E-state index in [9.17, 15) is 0 Å². The van der Waals surface area contributed by atoms with Crippen LogP contribution in [0.25, 0.3) is 21.8 Å². The molecule has 0 spiro atoms. The molecule has 1 saturated heterocycles. The lowest BCUT2D eigenvalue weighted by Gasteiger charge is -2.30. The van der Waals surface area contributed by atoms with E-state index in [1.807, 2.05) is 42.6 Å². The summed E-state index contributed by atoms with van der Waals surface area (Å²) in [6.07, 6.45) is 5.77. The lowest BCUT2D eigenvalue weighted by atomic mass is 10.1. The number of rotatable bonds is 6. The summed E-state index contributed by atoms with van der Waals surface area (Å²) in [5, 5.41) is 2.78. The molecule has 0 radical (unpaired) electrons. The number of aromatic nitrogens is 3. The first-order chi connectivity index (χ1) is 17.7. The van der Waals surface area contributed by atoms with Gasteiger partial charge in [-0.25, -0.2) is 9.97 Å². The maximum atomic E-state index is 6.62. The number of ether oxygens (including phenoxy) is 1. The topological polar surface area (TPSA) is 57.3 Å². The van der Waals surface area contributed by atoms with Crippen LogP contribution in [0.15, 0.2) is 79.3 Å². The molecular weight excluding hydrogens is 470 g/mol. The second kappa shape index (κ2) is 9.80. The van der Waals surface area contributed by atoms with Crippen LogP contribution in [-0.4, -0.2) is 46.1 Å². The van der Waals surface area contributed by atoms with E-state index in [0.29, 0.717) is 6.54 Å². The van der Waals surface area contributed by atoms with Crippen molar-refractivity contribution in [2.24, 2.45) is 0 Å². The van der Waals surface area contributed by atoms with Gasteiger partial charge >= 0.3 is 0 Å². The molecular formula is C29H28ClN5O. The first kappa shape index (κ1) is 22.8. The first-order valence-electron chi connectivity index (χ1n) is 12.3. The van der Waals surface area contributed by atoms with Crippen LogP contribution in [0.2, 0.25) is 5.02 Å². The quantitative estimate of drug-likeness (QED) is 0.287. The Bertz CT molecular complexity index is 1500. The Labute approximate surface area is 215 Å². The van der Waals surface area contributed by atoms with E-state index in [-0.39, 0.29) is 6.10 Å². The van der Waals surface area contributed by atoms with Crippen LogP contribution in [0.1, 0.15) is 18.4 Å². The molecule has 0 atom stereocenters. The molecule has 3 aromatic carbocycles. The SMILES string of the molecule is CN1CCC(Oc2cccc3ncnc(N(Cc4ccccc4Cl)c4ccc5[nH]ccc5c4)c23)CC1. The van der Waals surface area contributed by atoms with Crippen LogP contribution in [0.4, 0.5) is 11.5 Å². The normalized spacial score (nSPS) is 14.9. The Hall–Kier alpha value is -3.61. The number of fused-ring (bicyclic) bond motifs is 2. The van der Waals surface area contributed by atoms with Gasteiger partial charge < -0.3 is 19.5 Å². The largest absolute Gasteiger partial charge is 0.489 e. The number of anilines is 2. The summed E-state index contributed by atoms with van der Waals surface area (Å²) in [5.74, 6) is 1.63. The van der Waals surface area contributed by atoms with E-state index in [4.69, 9.17) is 21.3 Å². The lowest BCUT2D eigenvalue weighted by molar-refractivity contribution is 0.116. The summed E-state index contributed by atoms with van der Waals surface area (Å²) in [6.45, 7) is 2.63. The fourth-order valence-electron chi connectivity index (χ4n) is 4.94. The number of piperidine rings is 1. The molecule has 1 N–H and O–H groups in total. The summed E-state index contributed by atoms with van der Waals surface area (Å²) in [5.41, 5.74) is 4.00. The van der Waals surface area contributed by atoms with Gasteiger partial charge in [-0.15, -0.1) is 0 Å². The van der Waals surface area contributed by atoms with Crippen molar-refractivity contribution in [3.63, 3.8) is 0 Å². The predicted molar refractivity (Wildman–Crippen MR) is 146 cm³/mol. The van der Waals surface area contributed by atoms with Gasteiger partial charge in [-0.3, -0.25) is 0 Å². The number of nitrogens with one attached hydrogen (secondary N) is 1. The number of H-pyrrole nitrogens is 1. The molecule has 6 nitrogen and oxygen atoms in total. The highest BCUT2D eigenvalue weighted by Crippen LogP contribution is 2.38. The number of likely N-dealkylation sites (tertiary alicyclic amines) is 1. The van der Waals surface area contributed by atoms with Gasteiger partial charge in [0.25, 0.3) is 0 Å². The lowest BCUT2D eigenvalue weighted by Crippen LogP contribution is -2.35. The minimum atomic E-state index is 0.174. The molecule has 1 aliphatic heterocycles. The second-order valence-electron chi connectivity index (χ2n) is 9.39. The van der Waals surface area contributed by atoms with Gasteiger partial charge in [-0.2, -0.15) is 0 Å². The Morgan fingerprint density at radius 2 is 1.89 bits per heavy atom. The van der Waals surface area contributed by atoms with Crippen molar-refractivity contribution in [3.8, 4) is 5.75 Å². The number of aromatic amines is 1. The predicted octanol–water partition coefficient (Wildman–Crippen LogP) is 6.58. The third-order valence-electron chi connectivity index (χ3n) is 6.95. The molecule has 5 aromatic rings. The van der Waals surface area contributed by atoms with E-state index >= 15 is 0 Å². The summed E-state index contributed by atoms with van der Waals surface area (Å²) in [6, 6.07) is 22.5. The average Bonchev–Trinajstić information content (AvgIpc) is 3.37. The van der Waals surface area contributed by atoms with Gasteiger partial charge in [0, 0.05) is 40.9 Å². The van der Waals surface area contributed by atoms with Crippen LogP contribution in [0, 0.1) is 0 Å². The number of halogens is 1. The maximum absolute atomic E-state index is 6.62. The number of nitrogens with zero attached hydrogens (tertiary/aromatic N) is 4. The standard InChI is InChI=1S/C29H28ClN5O/c1-34-15-12-23(13-16-34)36-27-8-4-7-26-28(27)29(33-19-32-26)35(18-21-5-2-3-6-24(21)30)22-9-10-25-20(17-22)11-14-31-25/h2-11,14,17,19,23,31H,12-13,15-16,18H2,1H3. The van der Waals surface area contributed by atoms with Crippen LogP contribution in [0.5, 0.6) is 5.75 Å². The van der Waals surface area contributed by atoms with Crippen molar-refractivity contribution in [1.29, 1.82) is 0 Å². The Kier molecular flexibility index (Phi) is 6.21. The molecule has 7 heteroatoms. The monoisotopic (exact) mass is 497 g/mol. The van der Waals surface area contributed by atoms with Gasteiger partial charge in [0.2, 0.25) is 0 Å². The molecule has 182 valence electrons. The Morgan fingerprint density at radius 1 is 1.03 bits per heavy atom. The fraction of sp³-hybridized carbons (Fsp3) is 0.241. The zero-order valence-electron chi connectivity index (χ0n) is 20.2. The number of hydrogen-bond donors (Lipinski definition) is 1.